The molecule has 1 aromatic carbocycles. The van der Waals surface area contributed by atoms with Gasteiger partial charge in [-0.2, -0.15) is 5.10 Å². The van der Waals surface area contributed by atoms with Gasteiger partial charge in [0.05, 0.1) is 11.4 Å². The van der Waals surface area contributed by atoms with E-state index >= 15 is 0 Å². The Morgan fingerprint density at radius 2 is 1.82 bits per heavy atom. The molecule has 0 aliphatic heterocycles. The van der Waals surface area contributed by atoms with Crippen molar-refractivity contribution in [3.63, 3.8) is 0 Å². The molecule has 8 nitrogen and oxygen atoms in total. The van der Waals surface area contributed by atoms with Crippen molar-refractivity contribution in [2.45, 2.75) is 20.5 Å². The molecule has 0 saturated carbocycles. The highest BCUT2D eigenvalue weighted by Crippen LogP contribution is 2.34. The molecular weight excluding hydrogens is 378 g/mol. The molecule has 2 amide bonds. The van der Waals surface area contributed by atoms with Crippen molar-refractivity contribution in [1.82, 2.24) is 20.8 Å². The van der Waals surface area contributed by atoms with E-state index in [0.717, 1.165) is 22.2 Å². The minimum absolute atomic E-state index is 0.192. The van der Waals surface area contributed by atoms with Gasteiger partial charge in [-0.3, -0.25) is 4.79 Å². The van der Waals surface area contributed by atoms with Crippen molar-refractivity contribution >= 4 is 39.2 Å². The van der Waals surface area contributed by atoms with E-state index in [4.69, 9.17) is 10.5 Å². The molecule has 3 aromatic rings. The van der Waals surface area contributed by atoms with Crippen LogP contribution in [0.5, 0.6) is 0 Å². The second-order valence-electron chi connectivity index (χ2n) is 6.18. The first-order chi connectivity index (χ1) is 13.5. The van der Waals surface area contributed by atoms with Crippen LogP contribution in [0.3, 0.4) is 0 Å². The zero-order chi connectivity index (χ0) is 20.1. The number of hydrogen-bond donors (Lipinski definition) is 3. The molecule has 9 heteroatoms. The summed E-state index contributed by atoms with van der Waals surface area (Å²) in [5, 5.41) is 14.3. The quantitative estimate of drug-likeness (QED) is 0.548. The zero-order valence-electron chi connectivity index (χ0n) is 15.6. The number of aromatic nitrogens is 2. The van der Waals surface area contributed by atoms with E-state index in [1.165, 1.54) is 11.3 Å². The molecule has 0 radical (unpaired) electrons. The summed E-state index contributed by atoms with van der Waals surface area (Å²) in [4.78, 5) is 25.1. The van der Waals surface area contributed by atoms with Gasteiger partial charge in [0.15, 0.2) is 0 Å². The van der Waals surface area contributed by atoms with Crippen molar-refractivity contribution < 1.29 is 14.3 Å². The van der Waals surface area contributed by atoms with Crippen molar-refractivity contribution in [3.8, 4) is 0 Å². The lowest BCUT2D eigenvalue weighted by molar-refractivity contribution is 0.0956. The fraction of sp³-hybridized carbons (Fsp3) is 0.263. The second kappa shape index (κ2) is 8.66. The first-order valence-electron chi connectivity index (χ1n) is 8.72. The van der Waals surface area contributed by atoms with E-state index in [1.807, 2.05) is 44.2 Å². The van der Waals surface area contributed by atoms with E-state index in [-0.39, 0.29) is 25.6 Å². The Hall–Kier alpha value is -3.20. The molecule has 0 aliphatic rings. The number of nitrogens with one attached hydrogen (secondary N) is 2. The summed E-state index contributed by atoms with van der Waals surface area (Å²) in [6.45, 7) is 4.43. The molecule has 0 bridgehead atoms. The van der Waals surface area contributed by atoms with Crippen LogP contribution in [-0.4, -0.2) is 35.3 Å². The summed E-state index contributed by atoms with van der Waals surface area (Å²) in [5.74, 6) is -0.308. The molecule has 4 N–H and O–H groups in total. The SMILES string of the molecule is Cc1nnc2sc(C(=O)NCCNC(=O)OCc3ccccc3)c(N)c2c1C. The Bertz CT molecular complexity index is 1000. The summed E-state index contributed by atoms with van der Waals surface area (Å²) >= 11 is 1.20. The van der Waals surface area contributed by atoms with Crippen LogP contribution in [0, 0.1) is 13.8 Å². The van der Waals surface area contributed by atoms with E-state index in [0.29, 0.717) is 15.4 Å². The number of carbonyl (C=O) groups is 2. The van der Waals surface area contributed by atoms with Crippen LogP contribution in [0.25, 0.3) is 10.2 Å². The summed E-state index contributed by atoms with van der Waals surface area (Å²) < 4.78 is 5.11. The molecule has 0 saturated heterocycles. The fourth-order valence-corrected chi connectivity index (χ4v) is 3.62. The molecular formula is C19H21N5O3S. The smallest absolute Gasteiger partial charge is 0.407 e. The van der Waals surface area contributed by atoms with Crippen LogP contribution in [0.15, 0.2) is 30.3 Å². The van der Waals surface area contributed by atoms with Gasteiger partial charge < -0.3 is 21.1 Å². The number of carbonyl (C=O) groups excluding carboxylic acids is 2. The highest BCUT2D eigenvalue weighted by molar-refractivity contribution is 7.21. The average molecular weight is 399 g/mol. The van der Waals surface area contributed by atoms with Crippen molar-refractivity contribution in [2.24, 2.45) is 0 Å². The number of thiophene rings is 1. The Labute approximate surface area is 166 Å². The standard InChI is InChI=1S/C19H21N5O3S/c1-11-12(2)23-24-18-14(11)15(20)16(28-18)17(25)21-8-9-22-19(26)27-10-13-6-4-3-5-7-13/h3-7H,8-10,20H2,1-2H3,(H,21,25)(H,22,26). The number of amides is 2. The van der Waals surface area contributed by atoms with Crippen LogP contribution in [0.1, 0.15) is 26.5 Å². The van der Waals surface area contributed by atoms with Crippen LogP contribution in [0.2, 0.25) is 0 Å². The third-order valence-corrected chi connectivity index (χ3v) is 5.32. The highest BCUT2D eigenvalue weighted by atomic mass is 32.1. The van der Waals surface area contributed by atoms with Gasteiger partial charge in [-0.05, 0) is 25.0 Å². The number of alkyl carbamates (subject to hydrolysis) is 1. The lowest BCUT2D eigenvalue weighted by Crippen LogP contribution is -2.34. The predicted octanol–water partition coefficient (Wildman–Crippen LogP) is 2.55. The van der Waals surface area contributed by atoms with Crippen molar-refractivity contribution in [1.29, 1.82) is 0 Å². The summed E-state index contributed by atoms with van der Waals surface area (Å²) in [6, 6.07) is 9.39. The first kappa shape index (κ1) is 19.6. The summed E-state index contributed by atoms with van der Waals surface area (Å²) in [7, 11) is 0. The van der Waals surface area contributed by atoms with Crippen molar-refractivity contribution in [2.75, 3.05) is 18.8 Å². The van der Waals surface area contributed by atoms with Gasteiger partial charge >= 0.3 is 6.09 Å². The topological polar surface area (TPSA) is 119 Å². The van der Waals surface area contributed by atoms with Gasteiger partial charge in [-0.25, -0.2) is 4.79 Å². The maximum absolute atomic E-state index is 12.4. The predicted molar refractivity (Wildman–Crippen MR) is 108 cm³/mol. The Kier molecular flexibility index (Phi) is 6.05. The van der Waals surface area contributed by atoms with Crippen LogP contribution in [-0.2, 0) is 11.3 Å². The number of nitrogens with two attached hydrogens (primary N) is 1. The van der Waals surface area contributed by atoms with Gasteiger partial charge in [0.2, 0.25) is 0 Å². The lowest BCUT2D eigenvalue weighted by atomic mass is 10.1. The monoisotopic (exact) mass is 399 g/mol. The molecule has 28 heavy (non-hydrogen) atoms. The number of fused-ring (bicyclic) bond motifs is 1. The Balaban J connectivity index is 1.48. The molecule has 146 valence electrons. The van der Waals surface area contributed by atoms with Gasteiger partial charge in [0, 0.05) is 18.5 Å². The maximum Gasteiger partial charge on any atom is 0.407 e. The molecule has 2 aromatic heterocycles. The maximum atomic E-state index is 12.4. The second-order valence-corrected chi connectivity index (χ2v) is 7.18. The fourth-order valence-electron chi connectivity index (χ4n) is 2.60. The molecule has 0 atom stereocenters. The number of nitrogens with zero attached hydrogens (tertiary/aromatic N) is 2. The first-order valence-corrected chi connectivity index (χ1v) is 9.53. The van der Waals surface area contributed by atoms with E-state index < -0.39 is 6.09 Å². The average Bonchev–Trinajstić information content (AvgIpc) is 3.04. The number of anilines is 1. The summed E-state index contributed by atoms with van der Waals surface area (Å²) in [5.41, 5.74) is 9.15. The molecule has 3 rings (SSSR count). The minimum atomic E-state index is -0.541. The largest absolute Gasteiger partial charge is 0.445 e. The lowest BCUT2D eigenvalue weighted by Gasteiger charge is -2.08. The van der Waals surface area contributed by atoms with Crippen molar-refractivity contribution in [3.05, 3.63) is 52.0 Å². The van der Waals surface area contributed by atoms with Gasteiger partial charge in [-0.1, -0.05) is 30.3 Å². The zero-order valence-corrected chi connectivity index (χ0v) is 16.4. The van der Waals surface area contributed by atoms with E-state index in [2.05, 4.69) is 20.8 Å². The molecule has 0 aliphatic carbocycles. The highest BCUT2D eigenvalue weighted by Gasteiger charge is 2.19. The van der Waals surface area contributed by atoms with E-state index in [9.17, 15) is 9.59 Å². The Morgan fingerprint density at radius 3 is 2.57 bits per heavy atom. The third-order valence-electron chi connectivity index (χ3n) is 4.23. The normalized spacial score (nSPS) is 10.6. The molecule has 0 fully saturated rings. The van der Waals surface area contributed by atoms with Crippen LogP contribution < -0.4 is 16.4 Å². The minimum Gasteiger partial charge on any atom is -0.445 e. The number of hydrogen-bond acceptors (Lipinski definition) is 7. The van der Waals surface area contributed by atoms with Crippen LogP contribution >= 0.6 is 11.3 Å². The van der Waals surface area contributed by atoms with E-state index in [1.54, 1.807) is 0 Å². The molecule has 0 spiro atoms. The number of aryl methyl sites for hydroxylation is 2. The van der Waals surface area contributed by atoms with Gasteiger partial charge in [0.25, 0.3) is 5.91 Å². The van der Waals surface area contributed by atoms with Gasteiger partial charge in [0.1, 0.15) is 16.3 Å². The molecule has 2 heterocycles. The summed E-state index contributed by atoms with van der Waals surface area (Å²) in [6.07, 6.45) is -0.541. The number of benzene rings is 1. The Morgan fingerprint density at radius 1 is 1.11 bits per heavy atom. The molecule has 0 unspecified atom stereocenters. The third kappa shape index (κ3) is 4.37. The number of nitrogen functional groups attached to an aromatic ring is 1. The number of rotatable bonds is 6. The van der Waals surface area contributed by atoms with Crippen LogP contribution in [0.4, 0.5) is 10.5 Å². The van der Waals surface area contributed by atoms with Gasteiger partial charge in [-0.15, -0.1) is 16.4 Å². The number of ether oxygens (including phenoxy) is 1.